The molecule has 2 nitrogen and oxygen atoms in total. The summed E-state index contributed by atoms with van der Waals surface area (Å²) in [6.07, 6.45) is 0. The first-order valence-corrected chi connectivity index (χ1v) is 6.75. The predicted octanol–water partition coefficient (Wildman–Crippen LogP) is 4.97. The first-order chi connectivity index (χ1) is 9.51. The molecule has 0 aliphatic heterocycles. The van der Waals surface area contributed by atoms with Gasteiger partial charge in [0.05, 0.1) is 23.9 Å². The molecule has 2 rings (SSSR count). The highest BCUT2D eigenvalue weighted by Gasteiger charge is 2.13. The minimum Gasteiger partial charge on any atom is -0.496 e. The molecule has 1 N–H and O–H groups in total. The summed E-state index contributed by atoms with van der Waals surface area (Å²) in [5.74, 6) is 0.476. The molecule has 0 heterocycles. The van der Waals surface area contributed by atoms with E-state index in [0.29, 0.717) is 10.7 Å². The average Bonchev–Trinajstić information content (AvgIpc) is 2.41. The van der Waals surface area contributed by atoms with Crippen molar-refractivity contribution in [2.45, 2.75) is 19.9 Å². The minimum atomic E-state index is -0.346. The van der Waals surface area contributed by atoms with E-state index in [2.05, 4.69) is 5.32 Å². The summed E-state index contributed by atoms with van der Waals surface area (Å²) in [6.45, 7) is 4.02. The third-order valence-electron chi connectivity index (χ3n) is 3.16. The van der Waals surface area contributed by atoms with Gasteiger partial charge in [-0.05, 0) is 43.7 Å². The summed E-state index contributed by atoms with van der Waals surface area (Å²) >= 11 is 6.03. The Balaban J connectivity index is 2.25. The van der Waals surface area contributed by atoms with Crippen molar-refractivity contribution in [3.8, 4) is 5.75 Å². The van der Waals surface area contributed by atoms with Crippen LogP contribution in [0.15, 0.2) is 36.4 Å². The zero-order chi connectivity index (χ0) is 14.7. The molecular formula is C16H17ClFNO. The molecule has 0 amide bonds. The van der Waals surface area contributed by atoms with E-state index in [0.717, 1.165) is 16.9 Å². The number of methoxy groups -OCH3 is 1. The summed E-state index contributed by atoms with van der Waals surface area (Å²) in [7, 11) is 1.65. The van der Waals surface area contributed by atoms with Crippen molar-refractivity contribution in [1.29, 1.82) is 0 Å². The molecule has 1 atom stereocenters. The number of anilines is 1. The van der Waals surface area contributed by atoms with Gasteiger partial charge < -0.3 is 10.1 Å². The molecule has 1 unspecified atom stereocenters. The number of hydrogen-bond acceptors (Lipinski definition) is 2. The van der Waals surface area contributed by atoms with Crippen molar-refractivity contribution >= 4 is 17.3 Å². The molecule has 2 aromatic rings. The minimum absolute atomic E-state index is 0.00601. The summed E-state index contributed by atoms with van der Waals surface area (Å²) in [4.78, 5) is 0. The molecule has 106 valence electrons. The molecule has 0 aliphatic rings. The lowest BCUT2D eigenvalue weighted by Gasteiger charge is -2.19. The van der Waals surface area contributed by atoms with Gasteiger partial charge in [-0.15, -0.1) is 0 Å². The van der Waals surface area contributed by atoms with Gasteiger partial charge in [-0.25, -0.2) is 4.39 Å². The van der Waals surface area contributed by atoms with Gasteiger partial charge in [0, 0.05) is 5.56 Å². The lowest BCUT2D eigenvalue weighted by atomic mass is 10.0. The Morgan fingerprint density at radius 3 is 2.60 bits per heavy atom. The van der Waals surface area contributed by atoms with Crippen LogP contribution >= 0.6 is 11.6 Å². The van der Waals surface area contributed by atoms with Crippen LogP contribution in [0.5, 0.6) is 5.75 Å². The number of halogens is 2. The van der Waals surface area contributed by atoms with Crippen molar-refractivity contribution < 1.29 is 9.13 Å². The third kappa shape index (κ3) is 3.23. The fourth-order valence-electron chi connectivity index (χ4n) is 2.09. The van der Waals surface area contributed by atoms with E-state index in [1.807, 2.05) is 32.0 Å². The van der Waals surface area contributed by atoms with Crippen molar-refractivity contribution in [2.75, 3.05) is 12.4 Å². The second kappa shape index (κ2) is 6.14. The summed E-state index contributed by atoms with van der Waals surface area (Å²) < 4.78 is 18.4. The summed E-state index contributed by atoms with van der Waals surface area (Å²) in [5, 5.41) is 3.63. The Hall–Kier alpha value is -1.74. The second-order valence-electron chi connectivity index (χ2n) is 4.74. The molecule has 0 aliphatic carbocycles. The SMILES string of the molecule is COc1cc(C)ccc1C(C)Nc1ccc(F)cc1Cl. The number of aryl methyl sites for hydroxylation is 1. The molecule has 4 heteroatoms. The lowest BCUT2D eigenvalue weighted by molar-refractivity contribution is 0.407. The van der Waals surface area contributed by atoms with Crippen LogP contribution in [-0.4, -0.2) is 7.11 Å². The maximum atomic E-state index is 13.0. The highest BCUT2D eigenvalue weighted by atomic mass is 35.5. The number of benzene rings is 2. The second-order valence-corrected chi connectivity index (χ2v) is 5.14. The van der Waals surface area contributed by atoms with Gasteiger partial charge in [-0.3, -0.25) is 0 Å². The van der Waals surface area contributed by atoms with Gasteiger partial charge in [-0.1, -0.05) is 23.7 Å². The van der Waals surface area contributed by atoms with Crippen molar-refractivity contribution in [3.63, 3.8) is 0 Å². The van der Waals surface area contributed by atoms with Gasteiger partial charge >= 0.3 is 0 Å². The van der Waals surface area contributed by atoms with E-state index in [1.54, 1.807) is 13.2 Å². The van der Waals surface area contributed by atoms with Gasteiger partial charge in [0.2, 0.25) is 0 Å². The van der Waals surface area contributed by atoms with Crippen LogP contribution in [0.2, 0.25) is 5.02 Å². The van der Waals surface area contributed by atoms with Crippen LogP contribution in [0.3, 0.4) is 0 Å². The zero-order valence-electron chi connectivity index (χ0n) is 11.7. The fraction of sp³-hybridized carbons (Fsp3) is 0.250. The van der Waals surface area contributed by atoms with E-state index < -0.39 is 0 Å². The quantitative estimate of drug-likeness (QED) is 0.859. The summed E-state index contributed by atoms with van der Waals surface area (Å²) in [6, 6.07) is 10.3. The topological polar surface area (TPSA) is 21.3 Å². The van der Waals surface area contributed by atoms with Gasteiger partial charge in [-0.2, -0.15) is 0 Å². The molecule has 0 spiro atoms. The molecule has 0 radical (unpaired) electrons. The molecule has 20 heavy (non-hydrogen) atoms. The molecule has 0 bridgehead atoms. The molecule has 0 aromatic heterocycles. The van der Waals surface area contributed by atoms with Gasteiger partial charge in [0.25, 0.3) is 0 Å². The maximum Gasteiger partial charge on any atom is 0.124 e. The summed E-state index contributed by atoms with van der Waals surface area (Å²) in [5.41, 5.74) is 2.86. The van der Waals surface area contributed by atoms with Crippen molar-refractivity contribution in [3.05, 3.63) is 58.4 Å². The Kier molecular flexibility index (Phi) is 4.50. The molecule has 2 aromatic carbocycles. The number of ether oxygens (including phenoxy) is 1. The fourth-order valence-corrected chi connectivity index (χ4v) is 2.32. The number of rotatable bonds is 4. The first kappa shape index (κ1) is 14.7. The smallest absolute Gasteiger partial charge is 0.124 e. The van der Waals surface area contributed by atoms with Crippen LogP contribution < -0.4 is 10.1 Å². The van der Waals surface area contributed by atoms with E-state index in [-0.39, 0.29) is 11.9 Å². The number of nitrogens with one attached hydrogen (secondary N) is 1. The third-order valence-corrected chi connectivity index (χ3v) is 3.47. The first-order valence-electron chi connectivity index (χ1n) is 6.37. The number of hydrogen-bond donors (Lipinski definition) is 1. The monoisotopic (exact) mass is 293 g/mol. The maximum absolute atomic E-state index is 13.0. The zero-order valence-corrected chi connectivity index (χ0v) is 12.5. The predicted molar refractivity (Wildman–Crippen MR) is 81.2 cm³/mol. The largest absolute Gasteiger partial charge is 0.496 e. The highest BCUT2D eigenvalue weighted by molar-refractivity contribution is 6.33. The van der Waals surface area contributed by atoms with Crippen LogP contribution in [-0.2, 0) is 0 Å². The van der Waals surface area contributed by atoms with Crippen LogP contribution in [0, 0.1) is 12.7 Å². The van der Waals surface area contributed by atoms with Crippen LogP contribution in [0.25, 0.3) is 0 Å². The Labute approximate surface area is 123 Å². The van der Waals surface area contributed by atoms with E-state index >= 15 is 0 Å². The normalized spacial score (nSPS) is 12.1. The van der Waals surface area contributed by atoms with Crippen LogP contribution in [0.4, 0.5) is 10.1 Å². The molecule has 0 saturated heterocycles. The molecular weight excluding hydrogens is 277 g/mol. The standard InChI is InChI=1S/C16H17ClFNO/c1-10-4-6-13(16(8-10)20-3)11(2)19-15-7-5-12(18)9-14(15)17/h4-9,11,19H,1-3H3. The highest BCUT2D eigenvalue weighted by Crippen LogP contribution is 2.31. The van der Waals surface area contributed by atoms with E-state index in [1.165, 1.54) is 12.1 Å². The van der Waals surface area contributed by atoms with Crippen molar-refractivity contribution in [2.24, 2.45) is 0 Å². The Morgan fingerprint density at radius 2 is 1.95 bits per heavy atom. The Bertz CT molecular complexity index is 615. The van der Waals surface area contributed by atoms with Gasteiger partial charge in [0.1, 0.15) is 11.6 Å². The van der Waals surface area contributed by atoms with Gasteiger partial charge in [0.15, 0.2) is 0 Å². The van der Waals surface area contributed by atoms with Crippen molar-refractivity contribution in [1.82, 2.24) is 0 Å². The lowest BCUT2D eigenvalue weighted by Crippen LogP contribution is -2.08. The van der Waals surface area contributed by atoms with Crippen LogP contribution in [0.1, 0.15) is 24.1 Å². The molecule has 0 fully saturated rings. The average molecular weight is 294 g/mol. The Morgan fingerprint density at radius 1 is 1.20 bits per heavy atom. The molecule has 0 saturated carbocycles. The van der Waals surface area contributed by atoms with E-state index in [4.69, 9.17) is 16.3 Å². The van der Waals surface area contributed by atoms with E-state index in [9.17, 15) is 4.39 Å².